The van der Waals surface area contributed by atoms with E-state index in [0.717, 1.165) is 11.1 Å². The molecule has 0 saturated carbocycles. The zero-order valence-corrected chi connectivity index (χ0v) is 21.0. The smallest absolute Gasteiger partial charge is 0.341 e. The first-order valence-electron chi connectivity index (χ1n) is 11.6. The van der Waals surface area contributed by atoms with Crippen LogP contribution in [-0.4, -0.2) is 25.2 Å². The van der Waals surface area contributed by atoms with Crippen LogP contribution >= 0.6 is 0 Å². The topological polar surface area (TPSA) is 118 Å². The maximum absolute atomic E-state index is 14.1. The SMILES string of the molecule is Cc1cncc(-n2c(=O)c(Cc3cc(F)c(F)c(F)c3)c(-c3ccc(C)c(C)c3)n(C(C#N)C(=O)O)c2=O)c1. The summed E-state index contributed by atoms with van der Waals surface area (Å²) in [5.74, 6) is -6.34. The molecule has 2 aromatic carbocycles. The van der Waals surface area contributed by atoms with Gasteiger partial charge in [-0.25, -0.2) is 27.3 Å². The monoisotopic (exact) mass is 534 g/mol. The van der Waals surface area contributed by atoms with E-state index in [1.54, 1.807) is 32.0 Å². The molecular weight excluding hydrogens is 513 g/mol. The van der Waals surface area contributed by atoms with Crippen LogP contribution in [0.5, 0.6) is 0 Å². The van der Waals surface area contributed by atoms with Gasteiger partial charge in [0.05, 0.1) is 17.6 Å². The van der Waals surface area contributed by atoms with Gasteiger partial charge in [0.2, 0.25) is 6.04 Å². The van der Waals surface area contributed by atoms with Gasteiger partial charge in [-0.1, -0.05) is 12.1 Å². The second-order valence-electron chi connectivity index (χ2n) is 9.06. The molecule has 0 saturated heterocycles. The van der Waals surface area contributed by atoms with Crippen LogP contribution in [0, 0.1) is 49.6 Å². The summed E-state index contributed by atoms with van der Waals surface area (Å²) in [4.78, 5) is 43.9. The Morgan fingerprint density at radius 1 is 1.03 bits per heavy atom. The maximum Gasteiger partial charge on any atom is 0.341 e. The highest BCUT2D eigenvalue weighted by molar-refractivity contribution is 5.77. The summed E-state index contributed by atoms with van der Waals surface area (Å²) < 4.78 is 43.2. The minimum absolute atomic E-state index is 0.00909. The quantitative estimate of drug-likeness (QED) is 0.372. The molecule has 0 spiro atoms. The van der Waals surface area contributed by atoms with E-state index >= 15 is 0 Å². The first-order valence-corrected chi connectivity index (χ1v) is 11.6. The predicted octanol–water partition coefficient (Wildman–Crippen LogP) is 4.14. The van der Waals surface area contributed by atoms with Crippen molar-refractivity contribution in [2.75, 3.05) is 0 Å². The van der Waals surface area contributed by atoms with Gasteiger partial charge < -0.3 is 5.11 Å². The molecule has 39 heavy (non-hydrogen) atoms. The second-order valence-corrected chi connectivity index (χ2v) is 9.06. The van der Waals surface area contributed by atoms with Crippen molar-refractivity contribution >= 4 is 5.97 Å². The van der Waals surface area contributed by atoms with E-state index < -0.39 is 47.1 Å². The summed E-state index contributed by atoms with van der Waals surface area (Å²) in [6.45, 7) is 5.23. The zero-order valence-electron chi connectivity index (χ0n) is 21.0. The van der Waals surface area contributed by atoms with E-state index in [1.807, 2.05) is 6.92 Å². The van der Waals surface area contributed by atoms with Gasteiger partial charge in [-0.05, 0) is 72.9 Å². The number of aromatic nitrogens is 3. The number of hydrogen-bond donors (Lipinski definition) is 1. The Labute approximate surface area is 219 Å². The maximum atomic E-state index is 14.1. The first kappa shape index (κ1) is 27.1. The normalized spacial score (nSPS) is 11.7. The molecular formula is C28H21F3N4O4. The number of aliphatic carboxylic acids is 1. The van der Waals surface area contributed by atoms with Gasteiger partial charge in [-0.15, -0.1) is 0 Å². The first-order chi connectivity index (χ1) is 18.4. The molecule has 1 N–H and O–H groups in total. The lowest BCUT2D eigenvalue weighted by atomic mass is 9.96. The Kier molecular flexibility index (Phi) is 7.23. The average molecular weight is 534 g/mol. The fourth-order valence-corrected chi connectivity index (χ4v) is 4.30. The Balaban J connectivity index is 2.21. The number of nitrogens with zero attached hydrogens (tertiary/aromatic N) is 4. The zero-order chi connectivity index (χ0) is 28.6. The van der Waals surface area contributed by atoms with Crippen molar-refractivity contribution in [3.05, 3.63) is 115 Å². The Hall–Kier alpha value is -4.98. The van der Waals surface area contributed by atoms with E-state index in [0.29, 0.717) is 26.8 Å². The fourth-order valence-electron chi connectivity index (χ4n) is 4.30. The number of rotatable bonds is 6. The molecule has 0 fully saturated rings. The summed E-state index contributed by atoms with van der Waals surface area (Å²) in [7, 11) is 0. The minimum Gasteiger partial charge on any atom is -0.479 e. The third kappa shape index (κ3) is 4.96. The largest absolute Gasteiger partial charge is 0.479 e. The van der Waals surface area contributed by atoms with Crippen LogP contribution in [0.25, 0.3) is 16.9 Å². The summed E-state index contributed by atoms with van der Waals surface area (Å²) in [6.07, 6.45) is 2.16. The van der Waals surface area contributed by atoms with Crippen molar-refractivity contribution in [1.82, 2.24) is 14.1 Å². The standard InChI is InChI=1S/C28H21F3N4O4/c1-14-6-19(13-33-12-14)34-26(36)20(8-17-9-21(29)24(31)22(30)10-17)25(18-5-4-15(2)16(3)7-18)35(28(34)39)23(11-32)27(37)38/h4-7,9-10,12-13,23H,8H2,1-3H3,(H,37,38). The lowest BCUT2D eigenvalue weighted by Gasteiger charge is -2.22. The van der Waals surface area contributed by atoms with E-state index in [-0.39, 0.29) is 28.1 Å². The molecule has 4 aromatic rings. The summed E-state index contributed by atoms with van der Waals surface area (Å²) in [6, 6.07) is 7.20. The Bertz CT molecular complexity index is 1780. The highest BCUT2D eigenvalue weighted by atomic mass is 19.2. The summed E-state index contributed by atoms with van der Waals surface area (Å²) in [5, 5.41) is 19.6. The molecule has 0 aliphatic heterocycles. The molecule has 4 rings (SSSR count). The molecule has 0 aliphatic rings. The number of carboxylic acids is 1. The number of halogens is 3. The number of benzene rings is 2. The van der Waals surface area contributed by atoms with Crippen molar-refractivity contribution in [3.8, 4) is 23.0 Å². The number of aryl methyl sites for hydroxylation is 3. The van der Waals surface area contributed by atoms with Crippen molar-refractivity contribution < 1.29 is 23.1 Å². The van der Waals surface area contributed by atoms with Crippen LogP contribution in [0.3, 0.4) is 0 Å². The van der Waals surface area contributed by atoms with E-state index in [1.165, 1.54) is 24.5 Å². The van der Waals surface area contributed by atoms with Gasteiger partial charge in [0.1, 0.15) is 6.07 Å². The number of carboxylic acid groups (broad SMARTS) is 1. The third-order valence-corrected chi connectivity index (χ3v) is 6.32. The Morgan fingerprint density at radius 3 is 2.26 bits per heavy atom. The summed E-state index contributed by atoms with van der Waals surface area (Å²) in [5.41, 5.74) is -0.307. The van der Waals surface area contributed by atoms with Crippen molar-refractivity contribution in [2.45, 2.75) is 33.2 Å². The molecule has 0 bridgehead atoms. The number of hydrogen-bond acceptors (Lipinski definition) is 5. The minimum atomic E-state index is -2.07. The van der Waals surface area contributed by atoms with Crippen LogP contribution in [0.1, 0.15) is 33.9 Å². The van der Waals surface area contributed by atoms with Gasteiger partial charge in [-0.3, -0.25) is 14.3 Å². The highest BCUT2D eigenvalue weighted by Gasteiger charge is 2.30. The predicted molar refractivity (Wildman–Crippen MR) is 135 cm³/mol. The summed E-state index contributed by atoms with van der Waals surface area (Å²) >= 11 is 0. The molecule has 198 valence electrons. The Morgan fingerprint density at radius 2 is 1.69 bits per heavy atom. The molecule has 0 radical (unpaired) electrons. The third-order valence-electron chi connectivity index (χ3n) is 6.32. The van der Waals surface area contributed by atoms with Gasteiger partial charge in [-0.2, -0.15) is 5.26 Å². The molecule has 1 atom stereocenters. The molecule has 8 nitrogen and oxygen atoms in total. The van der Waals surface area contributed by atoms with Crippen LogP contribution in [0.2, 0.25) is 0 Å². The average Bonchev–Trinajstić information content (AvgIpc) is 2.87. The lowest BCUT2D eigenvalue weighted by Crippen LogP contribution is -2.44. The number of nitriles is 1. The number of carbonyl (C=O) groups is 1. The molecule has 0 aliphatic carbocycles. The molecule has 2 aromatic heterocycles. The van der Waals surface area contributed by atoms with Crippen molar-refractivity contribution in [1.29, 1.82) is 5.26 Å². The van der Waals surface area contributed by atoms with E-state index in [2.05, 4.69) is 4.98 Å². The lowest BCUT2D eigenvalue weighted by molar-refractivity contribution is -0.139. The van der Waals surface area contributed by atoms with Gasteiger partial charge in [0, 0.05) is 18.2 Å². The van der Waals surface area contributed by atoms with E-state index in [4.69, 9.17) is 0 Å². The molecule has 0 amide bonds. The van der Waals surface area contributed by atoms with Crippen LogP contribution in [0.15, 0.2) is 58.4 Å². The highest BCUT2D eigenvalue weighted by Crippen LogP contribution is 2.28. The van der Waals surface area contributed by atoms with Crippen molar-refractivity contribution in [3.63, 3.8) is 0 Å². The van der Waals surface area contributed by atoms with E-state index in [9.17, 15) is 37.9 Å². The van der Waals surface area contributed by atoms with Crippen LogP contribution in [-0.2, 0) is 11.2 Å². The van der Waals surface area contributed by atoms with Gasteiger partial charge in [0.25, 0.3) is 5.56 Å². The van der Waals surface area contributed by atoms with Gasteiger partial charge in [0.15, 0.2) is 17.5 Å². The number of pyridine rings is 1. The molecule has 11 heteroatoms. The van der Waals surface area contributed by atoms with Crippen molar-refractivity contribution in [2.24, 2.45) is 0 Å². The van der Waals surface area contributed by atoms with Crippen LogP contribution in [0.4, 0.5) is 13.2 Å². The van der Waals surface area contributed by atoms with Gasteiger partial charge >= 0.3 is 11.7 Å². The second kappa shape index (κ2) is 10.4. The fraction of sp³-hybridized carbons (Fsp3) is 0.179. The van der Waals surface area contributed by atoms with Crippen LogP contribution < -0.4 is 11.2 Å². The molecule has 2 heterocycles. The molecule has 1 unspecified atom stereocenters.